The van der Waals surface area contributed by atoms with E-state index < -0.39 is 5.91 Å². The molecule has 3 aromatic rings. The molecular formula is C25H23Cl2N3O2S. The van der Waals surface area contributed by atoms with Crippen LogP contribution >= 0.6 is 35.4 Å². The number of amides is 2. The molecule has 3 aromatic carbocycles. The lowest BCUT2D eigenvalue weighted by molar-refractivity contribution is 0.0976. The summed E-state index contributed by atoms with van der Waals surface area (Å²) in [5.74, 6) is -0.644. The van der Waals surface area contributed by atoms with Gasteiger partial charge in [0.15, 0.2) is 5.11 Å². The lowest BCUT2D eigenvalue weighted by Gasteiger charge is -2.19. The van der Waals surface area contributed by atoms with Gasteiger partial charge in [0.1, 0.15) is 0 Å². The standard InChI is InChI=1S/C25H23Cl2N3O2S/c1-25(2,3)16-6-4-15(5-7-16)22(31)28-18-9-11-19(12-10-18)29-24(33)30-23(32)20-13-8-17(26)14-21(20)27/h4-14H,1-3H3,(H,28,31)(H2,29,30,32,33). The SMILES string of the molecule is CC(C)(C)c1ccc(C(=O)Nc2ccc(NC(=S)NC(=O)c3ccc(Cl)cc3Cl)cc2)cc1. The van der Waals surface area contributed by atoms with Gasteiger partial charge in [0, 0.05) is 22.0 Å². The lowest BCUT2D eigenvalue weighted by Crippen LogP contribution is -2.34. The molecule has 0 atom stereocenters. The van der Waals surface area contributed by atoms with Gasteiger partial charge in [-0.05, 0) is 77.8 Å². The summed E-state index contributed by atoms with van der Waals surface area (Å²) in [6, 6.07) is 19.1. The van der Waals surface area contributed by atoms with Crippen LogP contribution < -0.4 is 16.0 Å². The summed E-state index contributed by atoms with van der Waals surface area (Å²) < 4.78 is 0. The van der Waals surface area contributed by atoms with E-state index in [1.165, 1.54) is 12.1 Å². The molecule has 0 aliphatic carbocycles. The van der Waals surface area contributed by atoms with Gasteiger partial charge >= 0.3 is 0 Å². The second kappa shape index (κ2) is 10.3. The second-order valence-corrected chi connectivity index (χ2v) is 9.64. The van der Waals surface area contributed by atoms with Crippen LogP contribution in [0.2, 0.25) is 10.0 Å². The van der Waals surface area contributed by atoms with Gasteiger partial charge in [0.05, 0.1) is 10.6 Å². The molecule has 33 heavy (non-hydrogen) atoms. The molecule has 0 heterocycles. The zero-order valence-corrected chi connectivity index (χ0v) is 20.7. The molecule has 8 heteroatoms. The van der Waals surface area contributed by atoms with E-state index in [9.17, 15) is 9.59 Å². The molecule has 170 valence electrons. The summed E-state index contributed by atoms with van der Waals surface area (Å²) in [6.07, 6.45) is 0. The van der Waals surface area contributed by atoms with Gasteiger partial charge in [0.25, 0.3) is 11.8 Å². The molecule has 3 rings (SSSR count). The Morgan fingerprint density at radius 2 is 1.36 bits per heavy atom. The first-order valence-corrected chi connectivity index (χ1v) is 11.3. The maximum atomic E-state index is 12.5. The molecule has 0 aliphatic rings. The van der Waals surface area contributed by atoms with Crippen molar-refractivity contribution >= 4 is 63.7 Å². The predicted octanol–water partition coefficient (Wildman–Crippen LogP) is 6.67. The number of benzene rings is 3. The van der Waals surface area contributed by atoms with Crippen LogP contribution in [0, 0.1) is 0 Å². The molecule has 5 nitrogen and oxygen atoms in total. The Hall–Kier alpha value is -2.93. The molecule has 0 spiro atoms. The number of carbonyl (C=O) groups excluding carboxylic acids is 2. The number of halogens is 2. The van der Waals surface area contributed by atoms with Crippen LogP contribution in [0.4, 0.5) is 11.4 Å². The van der Waals surface area contributed by atoms with Crippen LogP contribution in [0.25, 0.3) is 0 Å². The quantitative estimate of drug-likeness (QED) is 0.350. The van der Waals surface area contributed by atoms with Crippen molar-refractivity contribution in [1.82, 2.24) is 5.32 Å². The number of thiocarbonyl (C=S) groups is 1. The van der Waals surface area contributed by atoms with Crippen molar-refractivity contribution in [3.05, 3.63) is 93.5 Å². The van der Waals surface area contributed by atoms with Crippen LogP contribution in [-0.2, 0) is 5.41 Å². The monoisotopic (exact) mass is 499 g/mol. The van der Waals surface area contributed by atoms with Crippen molar-refractivity contribution in [3.63, 3.8) is 0 Å². The summed E-state index contributed by atoms with van der Waals surface area (Å²) in [5, 5.41) is 9.14. The Kier molecular flexibility index (Phi) is 7.74. The van der Waals surface area contributed by atoms with Crippen LogP contribution in [-0.4, -0.2) is 16.9 Å². The van der Waals surface area contributed by atoms with E-state index in [0.717, 1.165) is 5.56 Å². The van der Waals surface area contributed by atoms with Crippen molar-refractivity contribution in [1.29, 1.82) is 0 Å². The van der Waals surface area contributed by atoms with Gasteiger partial charge < -0.3 is 10.6 Å². The molecule has 0 saturated heterocycles. The highest BCUT2D eigenvalue weighted by Crippen LogP contribution is 2.23. The van der Waals surface area contributed by atoms with E-state index in [-0.39, 0.29) is 27.0 Å². The van der Waals surface area contributed by atoms with E-state index in [1.807, 2.05) is 24.3 Å². The molecule has 0 fully saturated rings. The summed E-state index contributed by atoms with van der Waals surface area (Å²) in [5.41, 5.74) is 3.31. The molecular weight excluding hydrogens is 477 g/mol. The number of anilines is 2. The first-order valence-electron chi connectivity index (χ1n) is 10.1. The second-order valence-electron chi connectivity index (χ2n) is 8.39. The van der Waals surface area contributed by atoms with Gasteiger partial charge in [0.2, 0.25) is 0 Å². The molecule has 0 unspecified atom stereocenters. The minimum atomic E-state index is -0.449. The molecule has 0 bridgehead atoms. The molecule has 0 aromatic heterocycles. The third kappa shape index (κ3) is 6.78. The van der Waals surface area contributed by atoms with Gasteiger partial charge in [-0.15, -0.1) is 0 Å². The third-order valence-electron chi connectivity index (χ3n) is 4.82. The Balaban J connectivity index is 1.57. The zero-order chi connectivity index (χ0) is 24.2. The molecule has 0 radical (unpaired) electrons. The minimum Gasteiger partial charge on any atom is -0.332 e. The highest BCUT2D eigenvalue weighted by molar-refractivity contribution is 7.80. The van der Waals surface area contributed by atoms with E-state index in [2.05, 4.69) is 36.7 Å². The summed E-state index contributed by atoms with van der Waals surface area (Å²) in [7, 11) is 0. The highest BCUT2D eigenvalue weighted by atomic mass is 35.5. The number of carbonyl (C=O) groups is 2. The van der Waals surface area contributed by atoms with E-state index >= 15 is 0 Å². The Morgan fingerprint density at radius 3 is 1.91 bits per heavy atom. The number of hydrogen-bond acceptors (Lipinski definition) is 3. The summed E-state index contributed by atoms with van der Waals surface area (Å²) in [4.78, 5) is 24.9. The molecule has 0 aliphatic heterocycles. The first kappa shape index (κ1) is 24.7. The van der Waals surface area contributed by atoms with Gasteiger partial charge in [-0.3, -0.25) is 14.9 Å². The molecule has 2 amide bonds. The average Bonchev–Trinajstić information content (AvgIpc) is 2.74. The minimum absolute atomic E-state index is 0.0267. The summed E-state index contributed by atoms with van der Waals surface area (Å²) >= 11 is 17.1. The lowest BCUT2D eigenvalue weighted by atomic mass is 9.87. The van der Waals surface area contributed by atoms with Gasteiger partial charge in [-0.1, -0.05) is 56.1 Å². The van der Waals surface area contributed by atoms with Crippen LogP contribution in [0.5, 0.6) is 0 Å². The van der Waals surface area contributed by atoms with E-state index in [0.29, 0.717) is 22.0 Å². The van der Waals surface area contributed by atoms with Gasteiger partial charge in [-0.2, -0.15) is 0 Å². The average molecular weight is 500 g/mol. The third-order valence-corrected chi connectivity index (χ3v) is 5.57. The normalized spacial score (nSPS) is 10.9. The van der Waals surface area contributed by atoms with Crippen molar-refractivity contribution in [2.24, 2.45) is 0 Å². The number of nitrogens with one attached hydrogen (secondary N) is 3. The van der Waals surface area contributed by atoms with E-state index in [1.54, 1.807) is 30.3 Å². The number of hydrogen-bond donors (Lipinski definition) is 3. The number of rotatable bonds is 4. The van der Waals surface area contributed by atoms with Crippen molar-refractivity contribution in [3.8, 4) is 0 Å². The van der Waals surface area contributed by atoms with E-state index in [4.69, 9.17) is 35.4 Å². The van der Waals surface area contributed by atoms with Crippen molar-refractivity contribution in [2.75, 3.05) is 10.6 Å². The van der Waals surface area contributed by atoms with Crippen LogP contribution in [0.1, 0.15) is 47.1 Å². The van der Waals surface area contributed by atoms with Crippen LogP contribution in [0.3, 0.4) is 0 Å². The Bertz CT molecular complexity index is 1190. The van der Waals surface area contributed by atoms with Crippen molar-refractivity contribution < 1.29 is 9.59 Å². The predicted molar refractivity (Wildman–Crippen MR) is 140 cm³/mol. The fourth-order valence-electron chi connectivity index (χ4n) is 2.97. The van der Waals surface area contributed by atoms with Crippen molar-refractivity contribution in [2.45, 2.75) is 26.2 Å². The highest BCUT2D eigenvalue weighted by Gasteiger charge is 2.15. The maximum Gasteiger partial charge on any atom is 0.258 e. The zero-order valence-electron chi connectivity index (χ0n) is 18.3. The molecule has 0 saturated carbocycles. The molecule has 3 N–H and O–H groups in total. The Labute approximate surface area is 208 Å². The van der Waals surface area contributed by atoms with Gasteiger partial charge in [-0.25, -0.2) is 0 Å². The smallest absolute Gasteiger partial charge is 0.258 e. The largest absolute Gasteiger partial charge is 0.332 e. The maximum absolute atomic E-state index is 12.5. The fraction of sp³-hybridized carbons (Fsp3) is 0.160. The Morgan fingerprint density at radius 1 is 0.788 bits per heavy atom. The topological polar surface area (TPSA) is 70.2 Å². The van der Waals surface area contributed by atoms with Crippen LogP contribution in [0.15, 0.2) is 66.7 Å². The fourth-order valence-corrected chi connectivity index (χ4v) is 3.67. The first-order chi connectivity index (χ1) is 15.5. The summed E-state index contributed by atoms with van der Waals surface area (Å²) in [6.45, 7) is 6.38.